The van der Waals surface area contributed by atoms with Gasteiger partial charge in [-0.3, -0.25) is 0 Å². The second kappa shape index (κ2) is 4.62. The molecule has 106 valence electrons. The van der Waals surface area contributed by atoms with Gasteiger partial charge in [0.15, 0.2) is 0 Å². The van der Waals surface area contributed by atoms with Crippen LogP contribution in [0.4, 0.5) is 18.3 Å². The van der Waals surface area contributed by atoms with Crippen LogP contribution in [0.15, 0.2) is 0 Å². The van der Waals surface area contributed by atoms with Gasteiger partial charge in [0.1, 0.15) is 5.54 Å². The molecule has 1 fully saturated rings. The zero-order valence-electron chi connectivity index (χ0n) is 10.1. The van der Waals surface area contributed by atoms with Crippen LogP contribution in [0.25, 0.3) is 0 Å². The van der Waals surface area contributed by atoms with E-state index in [1.807, 2.05) is 0 Å². The van der Waals surface area contributed by atoms with E-state index in [2.05, 4.69) is 9.36 Å². The van der Waals surface area contributed by atoms with Gasteiger partial charge in [-0.25, -0.2) is 4.79 Å². The molecule has 1 aromatic heterocycles. The molecule has 0 spiro atoms. The van der Waals surface area contributed by atoms with Crippen molar-refractivity contribution in [2.45, 2.75) is 37.9 Å². The summed E-state index contributed by atoms with van der Waals surface area (Å²) in [6.45, 7) is 2.09. The summed E-state index contributed by atoms with van der Waals surface area (Å²) in [6.07, 6.45) is -3.28. The van der Waals surface area contributed by atoms with Gasteiger partial charge in [-0.1, -0.05) is 6.92 Å². The lowest BCUT2D eigenvalue weighted by atomic mass is 9.93. The van der Waals surface area contributed by atoms with Gasteiger partial charge in [0.2, 0.25) is 11.0 Å². The molecule has 0 aromatic carbocycles. The third-order valence-corrected chi connectivity index (χ3v) is 4.11. The van der Waals surface area contributed by atoms with E-state index in [1.165, 1.54) is 4.90 Å². The molecule has 5 nitrogen and oxygen atoms in total. The van der Waals surface area contributed by atoms with Crippen molar-refractivity contribution < 1.29 is 23.1 Å². The molecule has 0 amide bonds. The van der Waals surface area contributed by atoms with E-state index in [9.17, 15) is 23.1 Å². The molecule has 1 saturated heterocycles. The Morgan fingerprint density at radius 2 is 2.26 bits per heavy atom. The van der Waals surface area contributed by atoms with Crippen molar-refractivity contribution in [3.8, 4) is 0 Å². The highest BCUT2D eigenvalue weighted by molar-refractivity contribution is 7.09. The SMILES string of the molecule is CCC1(C(=O)O)CCCN1c1nc(C(F)(F)F)ns1. The van der Waals surface area contributed by atoms with Crippen LogP contribution in [0.3, 0.4) is 0 Å². The van der Waals surface area contributed by atoms with Crippen LogP contribution >= 0.6 is 11.5 Å². The number of hydrogen-bond donors (Lipinski definition) is 1. The van der Waals surface area contributed by atoms with E-state index in [0.717, 1.165) is 0 Å². The van der Waals surface area contributed by atoms with E-state index < -0.39 is 23.5 Å². The average Bonchev–Trinajstić information content (AvgIpc) is 2.94. The molecule has 0 bridgehead atoms. The van der Waals surface area contributed by atoms with Crippen LogP contribution < -0.4 is 4.90 Å². The number of nitrogens with zero attached hydrogens (tertiary/aromatic N) is 3. The van der Waals surface area contributed by atoms with Gasteiger partial charge >= 0.3 is 12.1 Å². The topological polar surface area (TPSA) is 66.3 Å². The number of carboxylic acids is 1. The highest BCUT2D eigenvalue weighted by Crippen LogP contribution is 2.39. The third-order valence-electron chi connectivity index (χ3n) is 3.37. The maximum atomic E-state index is 12.5. The number of aliphatic carboxylic acids is 1. The molecule has 2 heterocycles. The predicted molar refractivity (Wildman–Crippen MR) is 62.1 cm³/mol. The molecule has 1 aromatic rings. The first-order valence-electron chi connectivity index (χ1n) is 5.73. The maximum Gasteiger partial charge on any atom is 0.452 e. The van der Waals surface area contributed by atoms with Crippen molar-refractivity contribution in [3.63, 3.8) is 0 Å². The number of carboxylic acid groups (broad SMARTS) is 1. The highest BCUT2D eigenvalue weighted by atomic mass is 32.1. The van der Waals surface area contributed by atoms with Crippen LogP contribution in [0, 0.1) is 0 Å². The minimum atomic E-state index is -4.60. The molecule has 0 aliphatic carbocycles. The van der Waals surface area contributed by atoms with Gasteiger partial charge in [0, 0.05) is 18.1 Å². The fourth-order valence-electron chi connectivity index (χ4n) is 2.34. The van der Waals surface area contributed by atoms with E-state index in [1.54, 1.807) is 6.92 Å². The molecule has 1 N–H and O–H groups in total. The molecular formula is C10H12F3N3O2S. The van der Waals surface area contributed by atoms with Crippen molar-refractivity contribution in [3.05, 3.63) is 5.82 Å². The zero-order valence-corrected chi connectivity index (χ0v) is 10.9. The average molecular weight is 295 g/mol. The molecular weight excluding hydrogens is 283 g/mol. The van der Waals surface area contributed by atoms with Crippen LogP contribution in [0.1, 0.15) is 32.0 Å². The Kier molecular flexibility index (Phi) is 3.41. The maximum absolute atomic E-state index is 12.5. The minimum Gasteiger partial charge on any atom is -0.479 e. The van der Waals surface area contributed by atoms with Crippen LogP contribution in [0.2, 0.25) is 0 Å². The quantitative estimate of drug-likeness (QED) is 0.927. The Balaban J connectivity index is 2.35. The lowest BCUT2D eigenvalue weighted by Gasteiger charge is -2.33. The van der Waals surface area contributed by atoms with Crippen LogP contribution in [-0.4, -0.2) is 32.5 Å². The number of halogens is 3. The van der Waals surface area contributed by atoms with Gasteiger partial charge in [-0.2, -0.15) is 22.5 Å². The largest absolute Gasteiger partial charge is 0.479 e. The number of rotatable bonds is 3. The first-order valence-corrected chi connectivity index (χ1v) is 6.50. The van der Waals surface area contributed by atoms with Gasteiger partial charge in [-0.15, -0.1) is 0 Å². The van der Waals surface area contributed by atoms with Crippen molar-refractivity contribution in [1.29, 1.82) is 0 Å². The molecule has 1 aliphatic rings. The van der Waals surface area contributed by atoms with E-state index in [4.69, 9.17) is 0 Å². The third kappa shape index (κ3) is 2.26. The van der Waals surface area contributed by atoms with Crippen molar-refractivity contribution in [2.24, 2.45) is 0 Å². The Morgan fingerprint density at radius 3 is 2.74 bits per heavy atom. The Hall–Kier alpha value is -1.38. The number of aromatic nitrogens is 2. The number of carbonyl (C=O) groups is 1. The Bertz CT molecular complexity index is 491. The van der Waals surface area contributed by atoms with Gasteiger partial charge in [0.05, 0.1) is 0 Å². The van der Waals surface area contributed by atoms with E-state index >= 15 is 0 Å². The van der Waals surface area contributed by atoms with Gasteiger partial charge in [0.25, 0.3) is 0 Å². The molecule has 1 aliphatic heterocycles. The van der Waals surface area contributed by atoms with Gasteiger partial charge in [-0.05, 0) is 19.3 Å². The van der Waals surface area contributed by atoms with Crippen molar-refractivity contribution in [2.75, 3.05) is 11.4 Å². The summed E-state index contributed by atoms with van der Waals surface area (Å²) >= 11 is 0.590. The highest BCUT2D eigenvalue weighted by Gasteiger charge is 2.48. The van der Waals surface area contributed by atoms with Crippen LogP contribution in [0.5, 0.6) is 0 Å². The summed E-state index contributed by atoms with van der Waals surface area (Å²) < 4.78 is 40.7. The van der Waals surface area contributed by atoms with Crippen LogP contribution in [-0.2, 0) is 11.0 Å². The van der Waals surface area contributed by atoms with Crippen molar-refractivity contribution >= 4 is 22.6 Å². The van der Waals surface area contributed by atoms with E-state index in [0.29, 0.717) is 37.3 Å². The summed E-state index contributed by atoms with van der Waals surface area (Å²) in [6, 6.07) is 0. The van der Waals surface area contributed by atoms with E-state index in [-0.39, 0.29) is 5.13 Å². The van der Waals surface area contributed by atoms with Gasteiger partial charge < -0.3 is 10.0 Å². The van der Waals surface area contributed by atoms with Crippen molar-refractivity contribution in [1.82, 2.24) is 9.36 Å². The number of hydrogen-bond acceptors (Lipinski definition) is 5. The summed E-state index contributed by atoms with van der Waals surface area (Å²) in [4.78, 5) is 16.3. The zero-order chi connectivity index (χ0) is 14.3. The lowest BCUT2D eigenvalue weighted by Crippen LogP contribution is -2.50. The Labute approximate surface area is 111 Å². The lowest BCUT2D eigenvalue weighted by molar-refractivity contribution is -0.144. The summed E-state index contributed by atoms with van der Waals surface area (Å²) in [5.74, 6) is -2.24. The smallest absolute Gasteiger partial charge is 0.452 e. The first-order chi connectivity index (χ1) is 8.81. The molecule has 1 unspecified atom stereocenters. The normalized spacial score (nSPS) is 23.9. The molecule has 9 heteroatoms. The first kappa shape index (κ1) is 14.0. The monoisotopic (exact) mass is 295 g/mol. The Morgan fingerprint density at radius 1 is 1.58 bits per heavy atom. The predicted octanol–water partition coefficient (Wildman–Crippen LogP) is 2.39. The minimum absolute atomic E-state index is 0.0223. The molecule has 19 heavy (non-hydrogen) atoms. The molecule has 2 rings (SSSR count). The second-order valence-corrected chi connectivity index (χ2v) is 5.07. The number of alkyl halides is 3. The summed E-state index contributed by atoms with van der Waals surface area (Å²) in [7, 11) is 0. The summed E-state index contributed by atoms with van der Waals surface area (Å²) in [5, 5.41) is 9.38. The standard InChI is InChI=1S/C10H12F3N3O2S/c1-2-9(7(17)18)4-3-5-16(9)8-14-6(15-19-8)10(11,12)13/h2-5H2,1H3,(H,17,18). The molecule has 0 saturated carbocycles. The molecule has 0 radical (unpaired) electrons. The fourth-order valence-corrected chi connectivity index (χ4v) is 3.14. The summed E-state index contributed by atoms with van der Waals surface area (Å²) in [5.41, 5.74) is -1.16. The fraction of sp³-hybridized carbons (Fsp3) is 0.700. The number of anilines is 1. The molecule has 1 atom stereocenters. The second-order valence-electron chi connectivity index (χ2n) is 4.34.